The molecule has 4 nitrogen and oxygen atoms in total. The lowest BCUT2D eigenvalue weighted by Gasteiger charge is -2.32. The maximum Gasteiger partial charge on any atom is 0.219 e. The number of nitrogens with zero attached hydrogens (tertiary/aromatic N) is 2. The molecule has 0 aromatic carbocycles. The van der Waals surface area contributed by atoms with Gasteiger partial charge in [-0.3, -0.25) is 4.79 Å². The number of halogens is 1. The maximum absolute atomic E-state index is 11.2. The minimum Gasteiger partial charge on any atom is -0.367 e. The Bertz CT molecular complexity index is 442. The summed E-state index contributed by atoms with van der Waals surface area (Å²) in [6.45, 7) is 5.23. The number of pyridine rings is 1. The summed E-state index contributed by atoms with van der Waals surface area (Å²) in [5, 5.41) is 4.09. The molecule has 0 radical (unpaired) electrons. The summed E-state index contributed by atoms with van der Waals surface area (Å²) >= 11 is 5.94. The van der Waals surface area contributed by atoms with Crippen LogP contribution in [-0.4, -0.2) is 34.9 Å². The van der Waals surface area contributed by atoms with Gasteiger partial charge in [0, 0.05) is 32.3 Å². The number of amides is 1. The number of likely N-dealkylation sites (tertiary alicyclic amines) is 1. The summed E-state index contributed by atoms with van der Waals surface area (Å²) in [5.41, 5.74) is 1.02. The fraction of sp³-hybridized carbons (Fsp3) is 0.538. The van der Waals surface area contributed by atoms with Crippen molar-refractivity contribution in [1.29, 1.82) is 0 Å². The molecule has 18 heavy (non-hydrogen) atoms. The molecule has 0 bridgehead atoms. The Morgan fingerprint density at radius 1 is 1.50 bits per heavy atom. The maximum atomic E-state index is 11.2. The fourth-order valence-corrected chi connectivity index (χ4v) is 2.27. The molecule has 1 saturated heterocycles. The van der Waals surface area contributed by atoms with E-state index in [1.807, 2.05) is 17.9 Å². The van der Waals surface area contributed by atoms with Crippen molar-refractivity contribution in [2.75, 3.05) is 18.4 Å². The highest BCUT2D eigenvalue weighted by Gasteiger charge is 2.20. The van der Waals surface area contributed by atoms with E-state index in [1.54, 1.807) is 13.1 Å². The van der Waals surface area contributed by atoms with Gasteiger partial charge >= 0.3 is 0 Å². The van der Waals surface area contributed by atoms with E-state index in [0.29, 0.717) is 11.1 Å². The number of nitrogens with one attached hydrogen (secondary N) is 1. The van der Waals surface area contributed by atoms with Crippen LogP contribution in [0.3, 0.4) is 0 Å². The number of hydrogen-bond acceptors (Lipinski definition) is 3. The molecule has 1 N–H and O–H groups in total. The third-order valence-electron chi connectivity index (χ3n) is 3.34. The van der Waals surface area contributed by atoms with Gasteiger partial charge in [-0.1, -0.05) is 11.6 Å². The summed E-state index contributed by atoms with van der Waals surface area (Å²) in [6, 6.07) is 2.34. The minimum absolute atomic E-state index is 0.161. The van der Waals surface area contributed by atoms with Crippen LogP contribution in [0.4, 0.5) is 5.82 Å². The zero-order chi connectivity index (χ0) is 13.1. The van der Waals surface area contributed by atoms with E-state index < -0.39 is 0 Å². The van der Waals surface area contributed by atoms with Crippen LogP contribution in [0.25, 0.3) is 0 Å². The molecule has 1 amide bonds. The summed E-state index contributed by atoms with van der Waals surface area (Å²) in [5.74, 6) is 1.02. The van der Waals surface area contributed by atoms with Gasteiger partial charge in [0.2, 0.25) is 5.91 Å². The monoisotopic (exact) mass is 267 g/mol. The molecule has 1 aromatic heterocycles. The van der Waals surface area contributed by atoms with Crippen molar-refractivity contribution in [2.24, 2.45) is 0 Å². The molecule has 0 aliphatic carbocycles. The molecule has 98 valence electrons. The van der Waals surface area contributed by atoms with E-state index in [4.69, 9.17) is 11.6 Å². The molecule has 5 heteroatoms. The quantitative estimate of drug-likeness (QED) is 0.895. The molecule has 0 spiro atoms. The van der Waals surface area contributed by atoms with Crippen LogP contribution in [0, 0.1) is 6.92 Å². The van der Waals surface area contributed by atoms with Gasteiger partial charge in [0.25, 0.3) is 0 Å². The van der Waals surface area contributed by atoms with Gasteiger partial charge in [-0.05, 0) is 31.4 Å². The molecule has 1 fully saturated rings. The first-order valence-electron chi connectivity index (χ1n) is 6.20. The van der Waals surface area contributed by atoms with Gasteiger partial charge in [-0.15, -0.1) is 0 Å². The number of aryl methyl sites for hydroxylation is 1. The Morgan fingerprint density at radius 2 is 2.17 bits per heavy atom. The van der Waals surface area contributed by atoms with E-state index in [2.05, 4.69) is 10.3 Å². The Hall–Kier alpha value is -1.29. The third kappa shape index (κ3) is 3.13. The number of carbonyl (C=O) groups is 1. The van der Waals surface area contributed by atoms with Crippen molar-refractivity contribution < 1.29 is 4.79 Å². The van der Waals surface area contributed by atoms with E-state index in [9.17, 15) is 4.79 Å². The summed E-state index contributed by atoms with van der Waals surface area (Å²) in [7, 11) is 0. The average molecular weight is 268 g/mol. The second kappa shape index (κ2) is 5.57. The molecule has 2 heterocycles. The van der Waals surface area contributed by atoms with Crippen LogP contribution in [0.1, 0.15) is 25.3 Å². The van der Waals surface area contributed by atoms with Crippen LogP contribution >= 0.6 is 11.6 Å². The van der Waals surface area contributed by atoms with Gasteiger partial charge in [0.1, 0.15) is 5.82 Å². The van der Waals surface area contributed by atoms with Gasteiger partial charge in [0.15, 0.2) is 0 Å². The topological polar surface area (TPSA) is 45.2 Å². The lowest BCUT2D eigenvalue weighted by atomic mass is 10.1. The van der Waals surface area contributed by atoms with Gasteiger partial charge in [-0.2, -0.15) is 0 Å². The number of aromatic nitrogens is 1. The predicted octanol–water partition coefficient (Wildman–Crippen LogP) is 2.47. The van der Waals surface area contributed by atoms with Crippen LogP contribution in [0.2, 0.25) is 5.02 Å². The highest BCUT2D eigenvalue weighted by atomic mass is 35.5. The fourth-order valence-electron chi connectivity index (χ4n) is 2.17. The first-order chi connectivity index (χ1) is 8.56. The predicted molar refractivity (Wildman–Crippen MR) is 72.9 cm³/mol. The Kier molecular flexibility index (Phi) is 4.07. The number of carbonyl (C=O) groups excluding carboxylic acids is 1. The first-order valence-corrected chi connectivity index (χ1v) is 6.58. The van der Waals surface area contributed by atoms with Crippen LogP contribution in [0.5, 0.6) is 0 Å². The Balaban J connectivity index is 1.91. The molecular weight excluding hydrogens is 250 g/mol. The van der Waals surface area contributed by atoms with E-state index in [-0.39, 0.29) is 5.91 Å². The SMILES string of the molecule is CC(=O)N1CCC(Nc2cc(C)c(Cl)cn2)CC1. The van der Waals surface area contributed by atoms with E-state index in [0.717, 1.165) is 37.3 Å². The van der Waals surface area contributed by atoms with Crippen molar-refractivity contribution in [3.05, 3.63) is 22.8 Å². The number of hydrogen-bond donors (Lipinski definition) is 1. The van der Waals surface area contributed by atoms with Crippen LogP contribution in [-0.2, 0) is 4.79 Å². The normalized spacial score (nSPS) is 16.7. The second-order valence-corrected chi connectivity index (χ2v) is 5.15. The molecule has 1 aliphatic rings. The van der Waals surface area contributed by atoms with E-state index in [1.165, 1.54) is 0 Å². The summed E-state index contributed by atoms with van der Waals surface area (Å²) in [4.78, 5) is 17.4. The highest BCUT2D eigenvalue weighted by Crippen LogP contribution is 2.19. The molecule has 0 atom stereocenters. The van der Waals surface area contributed by atoms with Crippen molar-refractivity contribution in [3.63, 3.8) is 0 Å². The highest BCUT2D eigenvalue weighted by molar-refractivity contribution is 6.31. The summed E-state index contributed by atoms with van der Waals surface area (Å²) in [6.07, 6.45) is 3.59. The van der Waals surface area contributed by atoms with Crippen LogP contribution in [0.15, 0.2) is 12.3 Å². The Morgan fingerprint density at radius 3 is 2.72 bits per heavy atom. The Labute approximate surface area is 112 Å². The number of rotatable bonds is 2. The van der Waals surface area contributed by atoms with Crippen LogP contribution < -0.4 is 5.32 Å². The third-order valence-corrected chi connectivity index (χ3v) is 3.73. The average Bonchev–Trinajstić information content (AvgIpc) is 2.34. The number of piperidine rings is 1. The molecule has 1 aliphatic heterocycles. The van der Waals surface area contributed by atoms with Crippen molar-refractivity contribution in [3.8, 4) is 0 Å². The zero-order valence-electron chi connectivity index (χ0n) is 10.7. The minimum atomic E-state index is 0.161. The molecular formula is C13H18ClN3O. The zero-order valence-corrected chi connectivity index (χ0v) is 11.5. The smallest absolute Gasteiger partial charge is 0.219 e. The van der Waals surface area contributed by atoms with Crippen molar-refractivity contribution in [1.82, 2.24) is 9.88 Å². The van der Waals surface area contributed by atoms with Gasteiger partial charge in [0.05, 0.1) is 5.02 Å². The molecule has 2 rings (SSSR count). The lowest BCUT2D eigenvalue weighted by Crippen LogP contribution is -2.41. The molecule has 0 unspecified atom stereocenters. The first kappa shape index (κ1) is 13.1. The molecule has 1 aromatic rings. The second-order valence-electron chi connectivity index (χ2n) is 4.74. The lowest BCUT2D eigenvalue weighted by molar-refractivity contribution is -0.129. The largest absolute Gasteiger partial charge is 0.367 e. The standard InChI is InChI=1S/C13H18ClN3O/c1-9-7-13(15-8-12(9)14)16-11-3-5-17(6-4-11)10(2)18/h7-8,11H,3-6H2,1-2H3,(H,15,16). The van der Waals surface area contributed by atoms with Gasteiger partial charge < -0.3 is 10.2 Å². The van der Waals surface area contributed by atoms with E-state index >= 15 is 0 Å². The van der Waals surface area contributed by atoms with Crippen molar-refractivity contribution >= 4 is 23.3 Å². The number of anilines is 1. The van der Waals surface area contributed by atoms with Crippen molar-refractivity contribution in [2.45, 2.75) is 32.7 Å². The summed E-state index contributed by atoms with van der Waals surface area (Å²) < 4.78 is 0. The van der Waals surface area contributed by atoms with Gasteiger partial charge in [-0.25, -0.2) is 4.98 Å². The molecule has 0 saturated carbocycles.